The summed E-state index contributed by atoms with van der Waals surface area (Å²) in [5.74, 6) is -1.19. The van der Waals surface area contributed by atoms with Gasteiger partial charge in [-0.25, -0.2) is 4.98 Å². The molecule has 0 aliphatic rings. The normalized spacial score (nSPS) is 11.3. The summed E-state index contributed by atoms with van der Waals surface area (Å²) in [6, 6.07) is 13.6. The smallest absolute Gasteiger partial charge is 0.497 e. The first-order valence-electron chi connectivity index (χ1n) is 11.0. The molecule has 0 saturated heterocycles. The van der Waals surface area contributed by atoms with Gasteiger partial charge in [0, 0.05) is 41.1 Å². The van der Waals surface area contributed by atoms with Crippen LogP contribution in [0.5, 0.6) is 17.4 Å². The second-order valence-electron chi connectivity index (χ2n) is 7.99. The zero-order chi connectivity index (χ0) is 26.7. The zero-order valence-electron chi connectivity index (χ0n) is 20.1. The van der Waals surface area contributed by atoms with Crippen LogP contribution in [0, 0.1) is 6.92 Å². The maximum Gasteiger partial charge on any atom is 0.573 e. The van der Waals surface area contributed by atoms with Crippen LogP contribution in [-0.4, -0.2) is 41.8 Å². The first-order chi connectivity index (χ1) is 17.6. The van der Waals surface area contributed by atoms with E-state index in [1.54, 1.807) is 25.1 Å². The average Bonchev–Trinajstić information content (AvgIpc) is 3.14. The molecule has 0 spiro atoms. The first-order valence-corrected chi connectivity index (χ1v) is 11.0. The Hall–Kier alpha value is -4.54. The van der Waals surface area contributed by atoms with E-state index >= 15 is 0 Å². The molecule has 0 unspecified atom stereocenters. The summed E-state index contributed by atoms with van der Waals surface area (Å²) in [6.07, 6.45) is -3.35. The molecule has 4 aromatic rings. The Morgan fingerprint density at radius 2 is 1.68 bits per heavy atom. The van der Waals surface area contributed by atoms with E-state index in [9.17, 15) is 22.8 Å². The number of Topliss-reactive ketones (excluding diaryl/α,β-unsaturated/α-hetero) is 1. The number of hydrogen-bond acceptors (Lipinski definition) is 6. The van der Waals surface area contributed by atoms with Crippen molar-refractivity contribution in [3.63, 3.8) is 0 Å². The second-order valence-corrected chi connectivity index (χ2v) is 7.99. The number of carbonyl (C=O) groups is 2. The van der Waals surface area contributed by atoms with E-state index in [2.05, 4.69) is 15.0 Å². The van der Waals surface area contributed by atoms with Crippen LogP contribution in [0.2, 0.25) is 0 Å². The first kappa shape index (κ1) is 25.5. The van der Waals surface area contributed by atoms with Gasteiger partial charge in [-0.1, -0.05) is 12.1 Å². The fraction of sp³-hybridized carbons (Fsp3) is 0.192. The third-order valence-corrected chi connectivity index (χ3v) is 5.66. The number of pyridine rings is 1. The highest BCUT2D eigenvalue weighted by Crippen LogP contribution is 2.31. The molecule has 8 nitrogen and oxygen atoms in total. The molecule has 0 saturated carbocycles. The van der Waals surface area contributed by atoms with Gasteiger partial charge >= 0.3 is 6.36 Å². The molecule has 11 heteroatoms. The maximum absolute atomic E-state index is 13.3. The highest BCUT2D eigenvalue weighted by molar-refractivity contribution is 6.48. The van der Waals surface area contributed by atoms with Gasteiger partial charge in [0.05, 0.1) is 19.8 Å². The zero-order valence-corrected chi connectivity index (χ0v) is 20.1. The van der Waals surface area contributed by atoms with Crippen molar-refractivity contribution in [2.45, 2.75) is 19.8 Å². The van der Waals surface area contributed by atoms with E-state index in [0.29, 0.717) is 33.6 Å². The average molecular weight is 513 g/mol. The Bertz CT molecular complexity index is 1460. The summed E-state index contributed by atoms with van der Waals surface area (Å²) in [4.78, 5) is 30.2. The minimum Gasteiger partial charge on any atom is -0.497 e. The third kappa shape index (κ3) is 5.66. The Balaban J connectivity index is 1.69. The SMILES string of the molecule is COc1ccc2c(c1)c(C(=O)C(=O)Nc1ccnc(OC)c1)c(C)n2Cc1ccc(OC(F)(F)F)cc1. The molecule has 192 valence electrons. The number of hydrogen-bond donors (Lipinski definition) is 1. The molecular weight excluding hydrogens is 491 g/mol. The Morgan fingerprint density at radius 3 is 2.32 bits per heavy atom. The van der Waals surface area contributed by atoms with Crippen molar-refractivity contribution >= 4 is 28.3 Å². The minimum atomic E-state index is -4.79. The van der Waals surface area contributed by atoms with Gasteiger partial charge in [-0.2, -0.15) is 0 Å². The number of carbonyl (C=O) groups excluding carboxylic acids is 2. The summed E-state index contributed by atoms with van der Waals surface area (Å²) in [5, 5.41) is 3.07. The van der Waals surface area contributed by atoms with Crippen molar-refractivity contribution in [2.24, 2.45) is 0 Å². The van der Waals surface area contributed by atoms with E-state index in [-0.39, 0.29) is 23.7 Å². The van der Waals surface area contributed by atoms with Gasteiger partial charge in [0.1, 0.15) is 11.5 Å². The summed E-state index contributed by atoms with van der Waals surface area (Å²) in [7, 11) is 2.92. The molecule has 2 aromatic carbocycles. The molecule has 2 aromatic heterocycles. The summed E-state index contributed by atoms with van der Waals surface area (Å²) < 4.78 is 53.6. The van der Waals surface area contributed by atoms with E-state index in [1.165, 1.54) is 56.8 Å². The lowest BCUT2D eigenvalue weighted by Gasteiger charge is -2.12. The highest BCUT2D eigenvalue weighted by Gasteiger charge is 2.31. The number of anilines is 1. The third-order valence-electron chi connectivity index (χ3n) is 5.66. The number of nitrogens with one attached hydrogen (secondary N) is 1. The van der Waals surface area contributed by atoms with Gasteiger partial charge in [-0.3, -0.25) is 9.59 Å². The molecule has 0 atom stereocenters. The van der Waals surface area contributed by atoms with Crippen LogP contribution in [0.15, 0.2) is 60.8 Å². The highest BCUT2D eigenvalue weighted by atomic mass is 19.4. The molecule has 0 bridgehead atoms. The van der Waals surface area contributed by atoms with Crippen LogP contribution in [0.25, 0.3) is 10.9 Å². The number of amides is 1. The lowest BCUT2D eigenvalue weighted by molar-refractivity contribution is -0.274. The number of ketones is 1. The number of rotatable bonds is 8. The fourth-order valence-corrected chi connectivity index (χ4v) is 3.96. The second kappa shape index (κ2) is 10.2. The van der Waals surface area contributed by atoms with Crippen LogP contribution >= 0.6 is 0 Å². The van der Waals surface area contributed by atoms with Crippen molar-refractivity contribution in [1.29, 1.82) is 0 Å². The number of alkyl halides is 3. The molecule has 0 aliphatic heterocycles. The number of halogens is 3. The lowest BCUT2D eigenvalue weighted by atomic mass is 10.1. The van der Waals surface area contributed by atoms with Gasteiger partial charge in [0.25, 0.3) is 11.7 Å². The van der Waals surface area contributed by atoms with Gasteiger partial charge in [-0.15, -0.1) is 13.2 Å². The van der Waals surface area contributed by atoms with Crippen molar-refractivity contribution < 1.29 is 37.0 Å². The number of nitrogens with zero attached hydrogens (tertiary/aromatic N) is 2. The standard InChI is InChI=1S/C26H22F3N3O5/c1-15-23(24(33)25(34)31-17-10-11-30-22(12-17)36-3)20-13-19(35-2)8-9-21(20)32(15)14-16-4-6-18(7-5-16)37-26(27,28)29/h4-13H,14H2,1-3H3,(H,30,31,34). The number of methoxy groups -OCH3 is 2. The van der Waals surface area contributed by atoms with Crippen molar-refractivity contribution in [3.8, 4) is 17.4 Å². The molecule has 1 N–H and O–H groups in total. The number of aromatic nitrogens is 2. The van der Waals surface area contributed by atoms with E-state index in [0.717, 1.165) is 0 Å². The van der Waals surface area contributed by atoms with Crippen LogP contribution in [0.3, 0.4) is 0 Å². The van der Waals surface area contributed by atoms with Gasteiger partial charge in [0.2, 0.25) is 5.88 Å². The van der Waals surface area contributed by atoms with Gasteiger partial charge in [0.15, 0.2) is 0 Å². The fourth-order valence-electron chi connectivity index (χ4n) is 3.96. The predicted octanol–water partition coefficient (Wildman–Crippen LogP) is 5.13. The summed E-state index contributed by atoms with van der Waals surface area (Å²) in [5.41, 5.74) is 2.34. The van der Waals surface area contributed by atoms with Crippen molar-refractivity contribution in [1.82, 2.24) is 9.55 Å². The number of fused-ring (bicyclic) bond motifs is 1. The predicted molar refractivity (Wildman–Crippen MR) is 129 cm³/mol. The Morgan fingerprint density at radius 1 is 0.973 bits per heavy atom. The Labute approximate surface area is 209 Å². The summed E-state index contributed by atoms with van der Waals surface area (Å²) in [6.45, 7) is 1.93. The van der Waals surface area contributed by atoms with E-state index < -0.39 is 18.1 Å². The Kier molecular flexibility index (Phi) is 7.05. The lowest BCUT2D eigenvalue weighted by Crippen LogP contribution is -2.23. The molecular formula is C26H22F3N3O5. The van der Waals surface area contributed by atoms with Crippen LogP contribution in [0.1, 0.15) is 21.6 Å². The van der Waals surface area contributed by atoms with Crippen LogP contribution in [-0.2, 0) is 11.3 Å². The van der Waals surface area contributed by atoms with Crippen molar-refractivity contribution in [3.05, 3.63) is 77.6 Å². The number of ether oxygens (including phenoxy) is 3. The largest absolute Gasteiger partial charge is 0.573 e. The molecule has 37 heavy (non-hydrogen) atoms. The van der Waals surface area contributed by atoms with Crippen molar-refractivity contribution in [2.75, 3.05) is 19.5 Å². The van der Waals surface area contributed by atoms with Crippen LogP contribution in [0.4, 0.5) is 18.9 Å². The topological polar surface area (TPSA) is 91.7 Å². The molecule has 0 radical (unpaired) electrons. The molecule has 4 rings (SSSR count). The molecule has 2 heterocycles. The number of benzene rings is 2. The molecule has 0 fully saturated rings. The maximum atomic E-state index is 13.3. The van der Waals surface area contributed by atoms with Gasteiger partial charge in [-0.05, 0) is 48.9 Å². The van der Waals surface area contributed by atoms with E-state index in [4.69, 9.17) is 9.47 Å². The van der Waals surface area contributed by atoms with Crippen LogP contribution < -0.4 is 19.5 Å². The summed E-state index contributed by atoms with van der Waals surface area (Å²) >= 11 is 0. The van der Waals surface area contributed by atoms with Gasteiger partial charge < -0.3 is 24.1 Å². The monoisotopic (exact) mass is 513 g/mol. The molecule has 0 aliphatic carbocycles. The van der Waals surface area contributed by atoms with E-state index in [1.807, 2.05) is 4.57 Å². The minimum absolute atomic E-state index is 0.185. The molecule has 1 amide bonds. The quantitative estimate of drug-likeness (QED) is 0.260.